The average molecular weight is 633 g/mol. The van der Waals surface area contributed by atoms with Gasteiger partial charge in [-0.05, 0) is 137 Å². The molecule has 7 aromatic rings. The van der Waals surface area contributed by atoms with E-state index in [1.54, 1.807) is 60.7 Å². The number of hydrogen-bond donors (Lipinski definition) is 0. The van der Waals surface area contributed by atoms with Gasteiger partial charge < -0.3 is 0 Å². The summed E-state index contributed by atoms with van der Waals surface area (Å²) in [4.78, 5) is 0. The van der Waals surface area contributed by atoms with E-state index in [1.165, 1.54) is 48.5 Å². The van der Waals surface area contributed by atoms with Crippen LogP contribution in [0.1, 0.15) is 33.4 Å². The molecule has 0 radical (unpaired) electrons. The van der Waals surface area contributed by atoms with Crippen molar-refractivity contribution in [1.82, 2.24) is 0 Å². The molecule has 7 aromatic carbocycles. The van der Waals surface area contributed by atoms with Crippen LogP contribution in [0.25, 0.3) is 44.8 Å². The molecule has 0 heterocycles. The first kappa shape index (κ1) is 30.6. The smallest absolute Gasteiger partial charge is 0.123 e. The van der Waals surface area contributed by atoms with Gasteiger partial charge in [0.25, 0.3) is 0 Å². The fraction of sp³-hybridized carbons (Fsp3) is 0. The summed E-state index contributed by atoms with van der Waals surface area (Å²) < 4.78 is 57.1. The van der Waals surface area contributed by atoms with Crippen LogP contribution in [0.15, 0.2) is 147 Å². The number of hydrogen-bond acceptors (Lipinski definition) is 0. The summed E-state index contributed by atoms with van der Waals surface area (Å²) in [5.41, 5.74) is 6.26. The topological polar surface area (TPSA) is 0 Å². The predicted octanol–water partition coefficient (Wildman–Crippen LogP) is 10.3. The van der Waals surface area contributed by atoms with Crippen molar-refractivity contribution in [2.45, 2.75) is 0 Å². The maximum absolute atomic E-state index is 14.3. The van der Waals surface area contributed by atoms with Crippen LogP contribution in [0.3, 0.4) is 0 Å². The molecule has 0 unspecified atom stereocenters. The van der Waals surface area contributed by atoms with Gasteiger partial charge in [-0.25, -0.2) is 17.6 Å². The molecule has 0 saturated heterocycles. The molecular weight excluding hydrogens is 604 g/mol. The van der Waals surface area contributed by atoms with Gasteiger partial charge in [0, 0.05) is 0 Å². The standard InChI is InChI=1S/C44H28F4/c1-3-27-25-39-40(26-28(27)4-2)44(42(31-13-21-35(47)22-14-31)32-15-23-36(48)24-16-32)38-8-6-5-7-37(38)43(39)41(29-9-17-33(45)18-10-29)30-11-19-34(46)20-12-30/h3-26H,1-2H2. The van der Waals surface area contributed by atoms with Gasteiger partial charge >= 0.3 is 0 Å². The first-order chi connectivity index (χ1) is 23.4. The maximum atomic E-state index is 14.3. The first-order valence-corrected chi connectivity index (χ1v) is 15.4. The quantitative estimate of drug-likeness (QED) is 0.126. The van der Waals surface area contributed by atoms with E-state index in [0.29, 0.717) is 0 Å². The molecular formula is C44H28F4. The van der Waals surface area contributed by atoms with Gasteiger partial charge in [-0.3, -0.25) is 0 Å². The second kappa shape index (κ2) is 12.7. The summed E-state index contributed by atoms with van der Waals surface area (Å²) >= 11 is 0. The Morgan fingerprint density at radius 2 is 0.646 bits per heavy atom. The Bertz CT molecular complexity index is 2200. The highest BCUT2D eigenvalue weighted by molar-refractivity contribution is 6.07. The number of rotatable bonds is 6. The van der Waals surface area contributed by atoms with Crippen molar-refractivity contribution in [2.24, 2.45) is 0 Å². The van der Waals surface area contributed by atoms with Crippen LogP contribution in [0.4, 0.5) is 17.6 Å². The third kappa shape index (κ3) is 5.52. The Morgan fingerprint density at radius 3 is 0.896 bits per heavy atom. The van der Waals surface area contributed by atoms with E-state index >= 15 is 0 Å². The molecule has 0 N–H and O–H groups in total. The van der Waals surface area contributed by atoms with Crippen LogP contribution in [-0.2, 0) is 0 Å². The lowest BCUT2D eigenvalue weighted by Crippen LogP contribution is -2.21. The van der Waals surface area contributed by atoms with E-state index in [-0.39, 0.29) is 23.3 Å². The highest BCUT2D eigenvalue weighted by Crippen LogP contribution is 2.30. The van der Waals surface area contributed by atoms with E-state index in [1.807, 2.05) is 24.3 Å². The minimum absolute atomic E-state index is 0.371. The Morgan fingerprint density at radius 1 is 0.375 bits per heavy atom. The molecule has 7 rings (SSSR count). The van der Waals surface area contributed by atoms with Crippen molar-refractivity contribution in [1.29, 1.82) is 0 Å². The molecule has 0 atom stereocenters. The lowest BCUT2D eigenvalue weighted by Gasteiger charge is -2.18. The second-order valence-electron chi connectivity index (χ2n) is 11.5. The zero-order valence-corrected chi connectivity index (χ0v) is 25.8. The maximum Gasteiger partial charge on any atom is 0.123 e. The highest BCUT2D eigenvalue weighted by Gasteiger charge is 2.18. The lowest BCUT2D eigenvalue weighted by atomic mass is 9.85. The molecule has 232 valence electrons. The van der Waals surface area contributed by atoms with Crippen molar-refractivity contribution >= 4 is 44.8 Å². The minimum Gasteiger partial charge on any atom is -0.207 e. The summed E-state index contributed by atoms with van der Waals surface area (Å²) in [6, 6.07) is 37.2. The summed E-state index contributed by atoms with van der Waals surface area (Å²) in [5.74, 6) is -1.48. The number of fused-ring (bicyclic) bond motifs is 2. The van der Waals surface area contributed by atoms with Crippen LogP contribution in [0.2, 0.25) is 0 Å². The molecule has 0 fully saturated rings. The van der Waals surface area contributed by atoms with Crippen LogP contribution < -0.4 is 10.4 Å². The Hall–Kier alpha value is -6.00. The third-order valence-corrected chi connectivity index (χ3v) is 8.70. The zero-order valence-electron chi connectivity index (χ0n) is 25.8. The van der Waals surface area contributed by atoms with E-state index in [9.17, 15) is 17.6 Å². The zero-order chi connectivity index (χ0) is 33.4. The van der Waals surface area contributed by atoms with Crippen molar-refractivity contribution in [3.63, 3.8) is 0 Å². The third-order valence-electron chi connectivity index (χ3n) is 8.70. The predicted molar refractivity (Wildman–Crippen MR) is 190 cm³/mol. The van der Waals surface area contributed by atoms with Gasteiger partial charge in [-0.1, -0.05) is 98.1 Å². The van der Waals surface area contributed by atoms with Crippen LogP contribution in [0, 0.1) is 23.3 Å². The average Bonchev–Trinajstić information content (AvgIpc) is 3.11. The van der Waals surface area contributed by atoms with E-state index in [0.717, 1.165) is 76.5 Å². The molecule has 48 heavy (non-hydrogen) atoms. The van der Waals surface area contributed by atoms with Gasteiger partial charge in [0.2, 0.25) is 0 Å². The van der Waals surface area contributed by atoms with Gasteiger partial charge in [0.1, 0.15) is 23.3 Å². The fourth-order valence-electron chi connectivity index (χ4n) is 6.53. The molecule has 0 aliphatic heterocycles. The normalized spacial score (nSPS) is 11.1. The van der Waals surface area contributed by atoms with E-state index < -0.39 is 0 Å². The number of halogens is 4. The minimum atomic E-state index is -0.371. The SMILES string of the molecule is C=Cc1cc2c(=C(c3ccc(F)cc3)c3ccc(F)cc3)c3ccccc3c(=C(c3ccc(F)cc3)c3ccc(F)cc3)c2cc1C=C. The van der Waals surface area contributed by atoms with Crippen molar-refractivity contribution < 1.29 is 17.6 Å². The second-order valence-corrected chi connectivity index (χ2v) is 11.5. The number of benzene rings is 7. The van der Waals surface area contributed by atoms with Crippen molar-refractivity contribution in [2.75, 3.05) is 0 Å². The van der Waals surface area contributed by atoms with E-state index in [2.05, 4.69) is 25.3 Å². The molecule has 0 bridgehead atoms. The summed E-state index contributed by atoms with van der Waals surface area (Å²) in [5, 5.41) is 5.19. The Kier molecular flexibility index (Phi) is 8.08. The first-order valence-electron chi connectivity index (χ1n) is 15.4. The van der Waals surface area contributed by atoms with Crippen LogP contribution in [0.5, 0.6) is 0 Å². The van der Waals surface area contributed by atoms with Gasteiger partial charge in [0.05, 0.1) is 0 Å². The van der Waals surface area contributed by atoms with Crippen LogP contribution in [-0.4, -0.2) is 0 Å². The Balaban J connectivity index is 1.85. The molecule has 0 aromatic heterocycles. The molecule has 0 amide bonds. The molecule has 0 aliphatic carbocycles. The molecule has 0 spiro atoms. The largest absolute Gasteiger partial charge is 0.207 e. The summed E-state index contributed by atoms with van der Waals surface area (Å²) in [6.45, 7) is 8.15. The van der Waals surface area contributed by atoms with Gasteiger partial charge in [-0.15, -0.1) is 0 Å². The molecule has 0 nitrogen and oxygen atoms in total. The summed E-state index contributed by atoms with van der Waals surface area (Å²) in [6.07, 6.45) is 3.55. The van der Waals surface area contributed by atoms with Crippen LogP contribution >= 0.6 is 0 Å². The molecule has 0 aliphatic rings. The van der Waals surface area contributed by atoms with E-state index in [4.69, 9.17) is 0 Å². The lowest BCUT2D eigenvalue weighted by molar-refractivity contribution is 0.627. The fourth-order valence-corrected chi connectivity index (χ4v) is 6.53. The molecule has 0 saturated carbocycles. The van der Waals surface area contributed by atoms with Gasteiger partial charge in [0.15, 0.2) is 0 Å². The van der Waals surface area contributed by atoms with Gasteiger partial charge in [-0.2, -0.15) is 0 Å². The highest BCUT2D eigenvalue weighted by atomic mass is 19.1. The summed E-state index contributed by atoms with van der Waals surface area (Å²) in [7, 11) is 0. The monoisotopic (exact) mass is 632 g/mol. The van der Waals surface area contributed by atoms with Crippen molar-refractivity contribution in [3.8, 4) is 0 Å². The Labute approximate surface area is 275 Å². The molecule has 4 heteroatoms. The van der Waals surface area contributed by atoms with Crippen molar-refractivity contribution in [3.05, 3.63) is 214 Å².